The second kappa shape index (κ2) is 17.5. The molecule has 0 spiro atoms. The van der Waals surface area contributed by atoms with Crippen molar-refractivity contribution in [2.24, 2.45) is 0 Å². The third-order valence-electron chi connectivity index (χ3n) is 11.6. The van der Waals surface area contributed by atoms with Crippen LogP contribution in [0, 0.1) is 0 Å². The van der Waals surface area contributed by atoms with Gasteiger partial charge >= 0.3 is 0 Å². The molecule has 0 aliphatic heterocycles. The van der Waals surface area contributed by atoms with E-state index in [0.29, 0.717) is 0 Å². The van der Waals surface area contributed by atoms with Gasteiger partial charge in [-0.3, -0.25) is 0 Å². The zero-order valence-corrected chi connectivity index (χ0v) is 35.2. The first-order valence-electron chi connectivity index (χ1n) is 21.2. The van der Waals surface area contributed by atoms with Crippen LogP contribution in [0.3, 0.4) is 0 Å². The normalized spacial score (nSPS) is 11.5. The second-order valence-corrected chi connectivity index (χ2v) is 18.4. The highest BCUT2D eigenvalue weighted by Gasteiger charge is 2.33. The lowest BCUT2D eigenvalue weighted by molar-refractivity contribution is 1.24. The fourth-order valence-electron chi connectivity index (χ4n) is 8.62. The molecule has 0 unspecified atom stereocenters. The molecule has 10 aromatic rings. The van der Waals surface area contributed by atoms with Gasteiger partial charge in [-0.15, -0.1) is 10.0 Å². The van der Waals surface area contributed by atoms with Crippen molar-refractivity contribution in [1.29, 1.82) is 0 Å². The van der Waals surface area contributed by atoms with Gasteiger partial charge in [0.15, 0.2) is 0 Å². The van der Waals surface area contributed by atoms with E-state index in [9.17, 15) is 0 Å². The van der Waals surface area contributed by atoms with E-state index in [-0.39, 0.29) is 0 Å². The van der Waals surface area contributed by atoms with E-state index in [1.54, 1.807) is 0 Å². The Labute approximate surface area is 367 Å². The Bertz CT molecular complexity index is 2890. The first-order valence-corrected chi connectivity index (χ1v) is 22.8. The predicted molar refractivity (Wildman–Crippen MR) is 263 cm³/mol. The molecule has 0 aromatic heterocycles. The van der Waals surface area contributed by atoms with Crippen LogP contribution in [0.1, 0.15) is 0 Å². The third-order valence-corrected chi connectivity index (χ3v) is 15.5. The molecule has 0 saturated heterocycles. The van der Waals surface area contributed by atoms with Gasteiger partial charge in [-0.25, -0.2) is 0 Å². The molecular weight excluding hydrogens is 767 g/mol. The summed E-state index contributed by atoms with van der Waals surface area (Å²) >= 11 is 0. The molecule has 0 heterocycles. The summed E-state index contributed by atoms with van der Waals surface area (Å²) in [5.41, 5.74) is 12.8. The van der Waals surface area contributed by atoms with Crippen molar-refractivity contribution in [2.45, 2.75) is 19.6 Å². The van der Waals surface area contributed by atoms with Crippen LogP contribution in [0.2, 0.25) is 0 Å². The average molecular weight is 812 g/mol. The molecule has 10 aromatic carbocycles. The standard InChI is InChI=1S/C60H45NS/c1-7-19-46(20-8-1)47-31-37-52(38-32-47)61(54-41-44-59(50-21-9-2-10-22-50)60(45-54)51-23-11-3-12-24-51)53-39-33-48(34-40-53)49-35-42-58(43-36-49)62(55-25-13-4-14-26-55,56-27-15-5-16-28-56)57-29-17-6-18-30-57/h1-45H. The second-order valence-electron chi connectivity index (χ2n) is 15.3. The number of hydrogen-bond acceptors (Lipinski definition) is 1. The van der Waals surface area contributed by atoms with Gasteiger partial charge in [-0.05, 0) is 129 Å². The van der Waals surface area contributed by atoms with Gasteiger partial charge in [-0.2, -0.15) is 0 Å². The van der Waals surface area contributed by atoms with Crippen molar-refractivity contribution in [1.82, 2.24) is 0 Å². The minimum absolute atomic E-state index is 1.09. The molecule has 0 bridgehead atoms. The zero-order valence-electron chi connectivity index (χ0n) is 34.3. The SMILES string of the molecule is c1ccc(-c2ccc(N(c3ccc(-c4ccc(S(c5ccccc5)(c5ccccc5)c5ccccc5)cc4)cc3)c3ccc(-c4ccccc4)c(-c4ccccc4)c3)cc2)cc1. The topological polar surface area (TPSA) is 3.24 Å². The Morgan fingerprint density at radius 2 is 0.500 bits per heavy atom. The lowest BCUT2D eigenvalue weighted by Crippen LogP contribution is -2.10. The Morgan fingerprint density at radius 1 is 0.210 bits per heavy atom. The lowest BCUT2D eigenvalue weighted by Gasteiger charge is -2.42. The van der Waals surface area contributed by atoms with E-state index in [4.69, 9.17) is 0 Å². The van der Waals surface area contributed by atoms with E-state index >= 15 is 0 Å². The van der Waals surface area contributed by atoms with Gasteiger partial charge in [0.05, 0.1) is 0 Å². The molecule has 0 fully saturated rings. The summed E-state index contributed by atoms with van der Waals surface area (Å²) < 4.78 is 0. The van der Waals surface area contributed by atoms with Gasteiger partial charge < -0.3 is 4.90 Å². The highest BCUT2D eigenvalue weighted by molar-refractivity contribution is 8.34. The third kappa shape index (κ3) is 7.53. The van der Waals surface area contributed by atoms with E-state index in [1.165, 1.54) is 64.1 Å². The molecule has 0 aliphatic carbocycles. The van der Waals surface area contributed by atoms with Gasteiger partial charge in [0.25, 0.3) is 0 Å². The maximum atomic E-state index is 2.38. The highest BCUT2D eigenvalue weighted by atomic mass is 32.3. The molecule has 0 saturated carbocycles. The van der Waals surface area contributed by atoms with Crippen LogP contribution in [0.5, 0.6) is 0 Å². The molecule has 0 atom stereocenters. The van der Waals surface area contributed by atoms with Crippen molar-refractivity contribution in [3.05, 3.63) is 273 Å². The van der Waals surface area contributed by atoms with Crippen LogP contribution >= 0.6 is 10.0 Å². The van der Waals surface area contributed by atoms with Gasteiger partial charge in [0, 0.05) is 36.6 Å². The minimum Gasteiger partial charge on any atom is -0.310 e. The van der Waals surface area contributed by atoms with Crippen LogP contribution < -0.4 is 4.90 Å². The number of nitrogens with zero attached hydrogens (tertiary/aromatic N) is 1. The molecule has 0 radical (unpaired) electrons. The summed E-state index contributed by atoms with van der Waals surface area (Å²) in [4.78, 5) is 7.63. The molecule has 0 aliphatic rings. The molecule has 296 valence electrons. The number of hydrogen-bond donors (Lipinski definition) is 0. The largest absolute Gasteiger partial charge is 0.310 e. The number of rotatable bonds is 11. The van der Waals surface area contributed by atoms with E-state index in [1.807, 2.05) is 0 Å². The summed E-state index contributed by atoms with van der Waals surface area (Å²) in [7, 11) is -1.76. The summed E-state index contributed by atoms with van der Waals surface area (Å²) in [5.74, 6) is 0. The van der Waals surface area contributed by atoms with Crippen LogP contribution in [0.4, 0.5) is 17.1 Å². The Balaban J connectivity index is 1.06. The summed E-state index contributed by atoms with van der Waals surface area (Å²) in [6.07, 6.45) is 0. The van der Waals surface area contributed by atoms with Gasteiger partial charge in [0.1, 0.15) is 0 Å². The quantitative estimate of drug-likeness (QED) is 0.126. The van der Waals surface area contributed by atoms with Crippen molar-refractivity contribution in [3.8, 4) is 44.5 Å². The van der Waals surface area contributed by atoms with Crippen LogP contribution in [-0.2, 0) is 0 Å². The molecule has 1 nitrogen and oxygen atoms in total. The Hall–Kier alpha value is -7.65. The maximum Gasteiger partial charge on any atom is 0.0468 e. The molecular formula is C60H45NS. The average Bonchev–Trinajstić information content (AvgIpc) is 3.37. The van der Waals surface area contributed by atoms with E-state index in [0.717, 1.165) is 17.1 Å². The predicted octanol–water partition coefficient (Wildman–Crippen LogP) is 17.2. The zero-order chi connectivity index (χ0) is 41.6. The fraction of sp³-hybridized carbons (Fsp3) is 0. The number of benzene rings is 10. The van der Waals surface area contributed by atoms with Crippen LogP contribution in [-0.4, -0.2) is 0 Å². The van der Waals surface area contributed by atoms with Crippen molar-refractivity contribution in [3.63, 3.8) is 0 Å². The van der Waals surface area contributed by atoms with Gasteiger partial charge in [-0.1, -0.05) is 188 Å². The summed E-state index contributed by atoms with van der Waals surface area (Å²) in [6, 6.07) is 99.2. The smallest absolute Gasteiger partial charge is 0.0468 e. The van der Waals surface area contributed by atoms with Crippen LogP contribution in [0.15, 0.2) is 293 Å². The fourth-order valence-corrected chi connectivity index (χ4v) is 12.5. The lowest BCUT2D eigenvalue weighted by atomic mass is 9.93. The molecule has 62 heavy (non-hydrogen) atoms. The maximum absolute atomic E-state index is 2.38. The first kappa shape index (κ1) is 38.5. The Morgan fingerprint density at radius 3 is 0.903 bits per heavy atom. The first-order chi connectivity index (χ1) is 30.8. The minimum atomic E-state index is -1.76. The molecule has 10 rings (SSSR count). The van der Waals surface area contributed by atoms with E-state index in [2.05, 4.69) is 278 Å². The Kier molecular flexibility index (Phi) is 10.9. The van der Waals surface area contributed by atoms with Crippen LogP contribution in [0.25, 0.3) is 44.5 Å². The van der Waals surface area contributed by atoms with Gasteiger partial charge in [0.2, 0.25) is 0 Å². The molecule has 0 amide bonds. The van der Waals surface area contributed by atoms with Crippen molar-refractivity contribution >= 4 is 27.1 Å². The number of anilines is 3. The molecule has 2 heteroatoms. The highest BCUT2D eigenvalue weighted by Crippen LogP contribution is 2.73. The summed E-state index contributed by atoms with van der Waals surface area (Å²) in [6.45, 7) is 0. The van der Waals surface area contributed by atoms with E-state index < -0.39 is 10.0 Å². The summed E-state index contributed by atoms with van der Waals surface area (Å²) in [5, 5.41) is 0. The molecule has 0 N–H and O–H groups in total. The monoisotopic (exact) mass is 811 g/mol. The van der Waals surface area contributed by atoms with Crippen molar-refractivity contribution < 1.29 is 0 Å². The van der Waals surface area contributed by atoms with Crippen molar-refractivity contribution in [2.75, 3.05) is 4.90 Å².